The molecule has 1 amide bonds. The van der Waals surface area contributed by atoms with Crippen molar-refractivity contribution in [2.75, 3.05) is 0 Å². The largest absolute Gasteiger partial charge is 0.311 e. The fourth-order valence-electron chi connectivity index (χ4n) is 1.12. The molecule has 5 heteroatoms. The number of halogens is 1. The molecular formula is C9H7ClN2OS. The van der Waals surface area contributed by atoms with E-state index in [9.17, 15) is 4.79 Å². The predicted octanol–water partition coefficient (Wildman–Crippen LogP) is 1.64. The van der Waals surface area contributed by atoms with Crippen LogP contribution < -0.4 is 5.73 Å². The molecule has 2 N–H and O–H groups in total. The van der Waals surface area contributed by atoms with Crippen LogP contribution in [0.1, 0.15) is 5.56 Å². The molecule has 1 aliphatic rings. The first kappa shape index (κ1) is 9.71. The molecular weight excluding hydrogens is 220 g/mol. The Morgan fingerprint density at radius 3 is 2.71 bits per heavy atom. The van der Waals surface area contributed by atoms with Crippen LogP contribution >= 0.6 is 23.4 Å². The molecule has 0 aliphatic carbocycles. The molecule has 0 aromatic heterocycles. The zero-order valence-electron chi connectivity index (χ0n) is 7.11. The van der Waals surface area contributed by atoms with Gasteiger partial charge in [-0.15, -0.1) is 0 Å². The van der Waals surface area contributed by atoms with Crippen LogP contribution in [0.4, 0.5) is 0 Å². The number of hydrogen-bond donors (Lipinski definition) is 1. The van der Waals surface area contributed by atoms with Crippen LogP contribution in [0, 0.1) is 0 Å². The first-order valence-corrected chi connectivity index (χ1v) is 5.24. The lowest BCUT2D eigenvalue weighted by Gasteiger charge is -2.02. The molecule has 0 saturated heterocycles. The summed E-state index contributed by atoms with van der Waals surface area (Å²) in [6, 6.07) is 7.25. The second kappa shape index (κ2) is 3.73. The lowest BCUT2D eigenvalue weighted by atomic mass is 10.2. The number of thioether (sulfide) groups is 1. The van der Waals surface area contributed by atoms with Crippen LogP contribution in [-0.2, 0) is 4.79 Å². The van der Waals surface area contributed by atoms with Gasteiger partial charge in [-0.1, -0.05) is 41.6 Å². The third-order valence-electron chi connectivity index (χ3n) is 1.80. The molecule has 1 aliphatic heterocycles. The molecule has 0 fully saturated rings. The lowest BCUT2D eigenvalue weighted by molar-refractivity contribution is -0.117. The molecule has 0 spiro atoms. The van der Waals surface area contributed by atoms with Crippen LogP contribution in [0.25, 0.3) is 0 Å². The summed E-state index contributed by atoms with van der Waals surface area (Å²) in [4.78, 5) is 14.9. The first-order valence-electron chi connectivity index (χ1n) is 3.98. The zero-order valence-corrected chi connectivity index (χ0v) is 8.68. The quantitative estimate of drug-likeness (QED) is 0.792. The van der Waals surface area contributed by atoms with Crippen molar-refractivity contribution in [3.63, 3.8) is 0 Å². The Hall–Kier alpha value is -0.840. The van der Waals surface area contributed by atoms with Gasteiger partial charge in [-0.2, -0.15) is 0 Å². The number of aliphatic imine (C=N–C) groups is 1. The van der Waals surface area contributed by atoms with Crippen molar-refractivity contribution in [3.05, 3.63) is 34.9 Å². The topological polar surface area (TPSA) is 55.4 Å². The first-order chi connectivity index (χ1) is 6.68. The normalized spacial score (nSPS) is 21.1. The van der Waals surface area contributed by atoms with Crippen LogP contribution in [0.2, 0.25) is 5.02 Å². The van der Waals surface area contributed by atoms with Gasteiger partial charge in [0.15, 0.2) is 0 Å². The molecule has 1 atom stereocenters. The van der Waals surface area contributed by atoms with E-state index < -0.39 is 5.37 Å². The minimum absolute atomic E-state index is 0.301. The average molecular weight is 227 g/mol. The molecule has 1 aromatic rings. The number of rotatable bonds is 1. The van der Waals surface area contributed by atoms with Gasteiger partial charge in [-0.3, -0.25) is 4.79 Å². The minimum atomic E-state index is -0.582. The fraction of sp³-hybridized carbons (Fsp3) is 0.111. The molecule has 0 radical (unpaired) electrons. The van der Waals surface area contributed by atoms with Crippen molar-refractivity contribution in [1.82, 2.24) is 0 Å². The number of nitrogens with zero attached hydrogens (tertiary/aromatic N) is 1. The van der Waals surface area contributed by atoms with Gasteiger partial charge in [0.1, 0.15) is 10.4 Å². The van der Waals surface area contributed by atoms with Crippen molar-refractivity contribution < 1.29 is 4.79 Å². The van der Waals surface area contributed by atoms with Gasteiger partial charge in [0.25, 0.3) is 5.91 Å². The molecule has 14 heavy (non-hydrogen) atoms. The molecule has 1 heterocycles. The summed E-state index contributed by atoms with van der Waals surface area (Å²) < 4.78 is 0. The smallest absolute Gasteiger partial charge is 0.274 e. The van der Waals surface area contributed by atoms with E-state index in [1.54, 1.807) is 6.07 Å². The third kappa shape index (κ3) is 1.68. The summed E-state index contributed by atoms with van der Waals surface area (Å²) >= 11 is 7.19. The van der Waals surface area contributed by atoms with Crippen molar-refractivity contribution in [2.45, 2.75) is 5.37 Å². The monoisotopic (exact) mass is 226 g/mol. The predicted molar refractivity (Wildman–Crippen MR) is 58.6 cm³/mol. The maximum Gasteiger partial charge on any atom is 0.274 e. The second-order valence-electron chi connectivity index (χ2n) is 2.77. The van der Waals surface area contributed by atoms with Gasteiger partial charge < -0.3 is 5.73 Å². The summed E-state index contributed by atoms with van der Waals surface area (Å²) in [6.45, 7) is 0. The van der Waals surface area contributed by atoms with Gasteiger partial charge in [0.05, 0.1) is 5.02 Å². The third-order valence-corrected chi connectivity index (χ3v) is 3.12. The number of nitrogens with two attached hydrogens (primary N) is 1. The standard InChI is InChI=1S/C9H7ClN2OS/c10-6-4-2-1-3-5(6)9-12-8(13)7(11)14-9/h1-4,7H,11H2. The van der Waals surface area contributed by atoms with Crippen molar-refractivity contribution in [1.29, 1.82) is 0 Å². The molecule has 72 valence electrons. The van der Waals surface area contributed by atoms with E-state index in [0.29, 0.717) is 10.1 Å². The van der Waals surface area contributed by atoms with E-state index in [1.807, 2.05) is 18.2 Å². The summed E-state index contributed by atoms with van der Waals surface area (Å²) in [6.07, 6.45) is 0. The van der Waals surface area contributed by atoms with E-state index in [4.69, 9.17) is 17.3 Å². The van der Waals surface area contributed by atoms with Crippen molar-refractivity contribution >= 4 is 34.3 Å². The van der Waals surface area contributed by atoms with E-state index in [0.717, 1.165) is 5.56 Å². The highest BCUT2D eigenvalue weighted by atomic mass is 35.5. The molecule has 2 rings (SSSR count). The molecule has 1 unspecified atom stereocenters. The van der Waals surface area contributed by atoms with Crippen molar-refractivity contribution in [3.8, 4) is 0 Å². The SMILES string of the molecule is NC1SC(c2ccccc2Cl)=NC1=O. The van der Waals surface area contributed by atoms with Gasteiger partial charge in [0, 0.05) is 5.56 Å². The van der Waals surface area contributed by atoms with Gasteiger partial charge in [0.2, 0.25) is 0 Å². The van der Waals surface area contributed by atoms with E-state index in [1.165, 1.54) is 11.8 Å². The number of carbonyl (C=O) groups is 1. The average Bonchev–Trinajstić information content (AvgIpc) is 2.48. The van der Waals surface area contributed by atoms with E-state index in [-0.39, 0.29) is 5.91 Å². The zero-order chi connectivity index (χ0) is 10.1. The highest BCUT2D eigenvalue weighted by Gasteiger charge is 2.26. The summed E-state index contributed by atoms with van der Waals surface area (Å²) in [5.74, 6) is -0.301. The summed E-state index contributed by atoms with van der Waals surface area (Å²) in [5, 5.41) is 0.607. The molecule has 0 saturated carbocycles. The van der Waals surface area contributed by atoms with Crippen LogP contribution in [-0.4, -0.2) is 16.3 Å². The number of carbonyl (C=O) groups excluding carboxylic acids is 1. The Labute approximate surface area is 90.3 Å². The molecule has 0 bridgehead atoms. The van der Waals surface area contributed by atoms with Crippen LogP contribution in [0.5, 0.6) is 0 Å². The lowest BCUT2D eigenvalue weighted by Crippen LogP contribution is -2.21. The van der Waals surface area contributed by atoms with Gasteiger partial charge in [-0.05, 0) is 6.07 Å². The van der Waals surface area contributed by atoms with Crippen LogP contribution in [0.15, 0.2) is 29.3 Å². The minimum Gasteiger partial charge on any atom is -0.311 e. The second-order valence-corrected chi connectivity index (χ2v) is 4.31. The Kier molecular flexibility index (Phi) is 2.58. The summed E-state index contributed by atoms with van der Waals surface area (Å²) in [5.41, 5.74) is 6.28. The maximum atomic E-state index is 11.1. The molecule has 3 nitrogen and oxygen atoms in total. The highest BCUT2D eigenvalue weighted by molar-refractivity contribution is 8.16. The highest BCUT2D eigenvalue weighted by Crippen LogP contribution is 2.27. The number of hydrogen-bond acceptors (Lipinski definition) is 3. The van der Waals surface area contributed by atoms with E-state index >= 15 is 0 Å². The maximum absolute atomic E-state index is 11.1. The Balaban J connectivity index is 2.38. The van der Waals surface area contributed by atoms with Crippen LogP contribution in [0.3, 0.4) is 0 Å². The fourth-order valence-corrected chi connectivity index (χ4v) is 2.24. The van der Waals surface area contributed by atoms with Crippen molar-refractivity contribution in [2.24, 2.45) is 10.7 Å². The summed E-state index contributed by atoms with van der Waals surface area (Å²) in [7, 11) is 0. The van der Waals surface area contributed by atoms with Gasteiger partial charge >= 0.3 is 0 Å². The Morgan fingerprint density at radius 2 is 2.14 bits per heavy atom. The Morgan fingerprint density at radius 1 is 1.43 bits per heavy atom. The molecule has 1 aromatic carbocycles. The number of benzene rings is 1. The number of amides is 1. The van der Waals surface area contributed by atoms with E-state index in [2.05, 4.69) is 4.99 Å². The van der Waals surface area contributed by atoms with Gasteiger partial charge in [-0.25, -0.2) is 4.99 Å². The Bertz CT molecular complexity index is 419.